The van der Waals surface area contributed by atoms with E-state index in [-0.39, 0.29) is 29.6 Å². The maximum atomic E-state index is 13.0. The van der Waals surface area contributed by atoms with Crippen LogP contribution in [0.1, 0.15) is 5.56 Å². The molecule has 2 aromatic carbocycles. The topological polar surface area (TPSA) is 95.9 Å². The molecule has 0 radical (unpaired) electrons. The van der Waals surface area contributed by atoms with Crippen LogP contribution in [0.15, 0.2) is 59.6 Å². The van der Waals surface area contributed by atoms with Gasteiger partial charge >= 0.3 is 0 Å². The number of ether oxygens (including phenoxy) is 1. The van der Waals surface area contributed by atoms with Crippen LogP contribution in [-0.4, -0.2) is 54.0 Å². The van der Waals surface area contributed by atoms with Crippen molar-refractivity contribution in [2.45, 2.75) is 11.8 Å². The number of phenolic OH excluding ortho intramolecular Hbond substituents is 1. The molecule has 0 saturated carbocycles. The molecule has 1 saturated heterocycles. The minimum atomic E-state index is -3.81. The van der Waals surface area contributed by atoms with Gasteiger partial charge in [0.1, 0.15) is 22.2 Å². The number of rotatable bonds is 5. The Morgan fingerprint density at radius 1 is 1.03 bits per heavy atom. The van der Waals surface area contributed by atoms with Crippen molar-refractivity contribution < 1.29 is 22.7 Å². The number of sulfonamides is 1. The van der Waals surface area contributed by atoms with Crippen molar-refractivity contribution in [2.24, 2.45) is 0 Å². The third-order valence-corrected chi connectivity index (χ3v) is 6.84. The van der Waals surface area contributed by atoms with Crippen LogP contribution in [0, 0.1) is 12.7 Å². The molecule has 31 heavy (non-hydrogen) atoms. The van der Waals surface area contributed by atoms with Gasteiger partial charge < -0.3 is 14.7 Å². The van der Waals surface area contributed by atoms with Gasteiger partial charge in [0.15, 0.2) is 0 Å². The molecule has 1 aliphatic rings. The van der Waals surface area contributed by atoms with E-state index in [0.717, 1.165) is 5.56 Å². The van der Waals surface area contributed by atoms with Crippen molar-refractivity contribution >= 4 is 16.0 Å². The summed E-state index contributed by atoms with van der Waals surface area (Å²) in [5, 5.41) is 10.0. The van der Waals surface area contributed by atoms with Crippen molar-refractivity contribution in [1.82, 2.24) is 14.3 Å². The minimum absolute atomic E-state index is 0.0908. The molecule has 1 N–H and O–H groups in total. The van der Waals surface area contributed by atoms with Gasteiger partial charge in [0.05, 0.1) is 0 Å². The number of anilines is 1. The first kappa shape index (κ1) is 21.0. The van der Waals surface area contributed by atoms with Crippen LogP contribution in [-0.2, 0) is 10.0 Å². The maximum absolute atomic E-state index is 13.0. The molecule has 0 atom stereocenters. The third-order valence-electron chi connectivity index (χ3n) is 4.91. The molecule has 4 rings (SSSR count). The Labute approximate surface area is 179 Å². The third kappa shape index (κ3) is 4.59. The van der Waals surface area contributed by atoms with Crippen LogP contribution in [0.4, 0.5) is 10.3 Å². The second kappa shape index (κ2) is 8.48. The molecule has 0 amide bonds. The van der Waals surface area contributed by atoms with Crippen molar-refractivity contribution in [3.05, 3.63) is 66.1 Å². The van der Waals surface area contributed by atoms with E-state index in [9.17, 15) is 17.9 Å². The van der Waals surface area contributed by atoms with Crippen LogP contribution in [0.25, 0.3) is 0 Å². The number of hydrogen-bond donors (Lipinski definition) is 1. The molecule has 1 aliphatic heterocycles. The van der Waals surface area contributed by atoms with Gasteiger partial charge in [0, 0.05) is 38.4 Å². The molecule has 1 fully saturated rings. The molecule has 10 heteroatoms. The van der Waals surface area contributed by atoms with Gasteiger partial charge in [-0.25, -0.2) is 17.8 Å². The summed E-state index contributed by atoms with van der Waals surface area (Å²) in [5.41, 5.74) is 0.751. The molecule has 162 valence electrons. The van der Waals surface area contributed by atoms with Crippen molar-refractivity contribution in [3.8, 4) is 17.4 Å². The number of aromatic hydroxyl groups is 1. The van der Waals surface area contributed by atoms with Crippen molar-refractivity contribution in [1.29, 1.82) is 0 Å². The Kier molecular flexibility index (Phi) is 5.75. The Balaban J connectivity index is 1.45. The van der Waals surface area contributed by atoms with Gasteiger partial charge in [-0.1, -0.05) is 6.07 Å². The Morgan fingerprint density at radius 2 is 1.74 bits per heavy atom. The summed E-state index contributed by atoms with van der Waals surface area (Å²) in [7, 11) is -3.81. The van der Waals surface area contributed by atoms with E-state index in [1.54, 1.807) is 25.3 Å². The van der Waals surface area contributed by atoms with Gasteiger partial charge in [-0.3, -0.25) is 0 Å². The van der Waals surface area contributed by atoms with Crippen molar-refractivity contribution in [3.63, 3.8) is 0 Å². The second-order valence-electron chi connectivity index (χ2n) is 7.11. The van der Waals surface area contributed by atoms with Gasteiger partial charge in [-0.15, -0.1) is 0 Å². The van der Waals surface area contributed by atoms with Gasteiger partial charge in [0.2, 0.25) is 21.9 Å². The highest BCUT2D eigenvalue weighted by atomic mass is 32.2. The average molecular weight is 444 g/mol. The zero-order valence-corrected chi connectivity index (χ0v) is 17.6. The van der Waals surface area contributed by atoms with Crippen LogP contribution >= 0.6 is 0 Å². The lowest BCUT2D eigenvalue weighted by Gasteiger charge is -2.34. The number of hydrogen-bond acceptors (Lipinski definition) is 7. The van der Waals surface area contributed by atoms with Crippen molar-refractivity contribution in [2.75, 3.05) is 31.1 Å². The molecule has 0 bridgehead atoms. The fourth-order valence-corrected chi connectivity index (χ4v) is 4.85. The molecule has 8 nitrogen and oxygen atoms in total. The predicted molar refractivity (Wildman–Crippen MR) is 112 cm³/mol. The number of aryl methyl sites for hydroxylation is 1. The van der Waals surface area contributed by atoms with Gasteiger partial charge in [0.25, 0.3) is 0 Å². The first-order valence-corrected chi connectivity index (χ1v) is 11.1. The number of phenols is 1. The highest BCUT2D eigenvalue weighted by Crippen LogP contribution is 2.28. The zero-order valence-electron chi connectivity index (χ0n) is 16.8. The minimum Gasteiger partial charge on any atom is -0.507 e. The summed E-state index contributed by atoms with van der Waals surface area (Å²) >= 11 is 0. The smallest absolute Gasteiger partial charge is 0.246 e. The Bertz CT molecular complexity index is 1180. The molecule has 1 aromatic heterocycles. The SMILES string of the molecule is Cc1ccc(O)c(S(=O)(=O)N2CCN(c3nccc(Oc4ccc(F)cc4)n3)CC2)c1. The highest BCUT2D eigenvalue weighted by molar-refractivity contribution is 7.89. The predicted octanol–water partition coefficient (Wildman–Crippen LogP) is 2.93. The lowest BCUT2D eigenvalue weighted by molar-refractivity contribution is 0.377. The van der Waals surface area contributed by atoms with Crippen LogP contribution in [0.3, 0.4) is 0 Å². The van der Waals surface area contributed by atoms with Gasteiger partial charge in [-0.2, -0.15) is 9.29 Å². The summed E-state index contributed by atoms with van der Waals surface area (Å²) in [4.78, 5) is 10.4. The standard InChI is InChI=1S/C21H21FN4O4S/c1-15-2-7-18(27)19(14-15)31(28,29)26-12-10-25(11-13-26)21-23-9-8-20(24-21)30-17-5-3-16(22)4-6-17/h2-9,14,27H,10-13H2,1H3. The summed E-state index contributed by atoms with van der Waals surface area (Å²) in [5.74, 6) is 0.538. The molecule has 0 spiro atoms. The number of piperazine rings is 1. The number of aromatic nitrogens is 2. The highest BCUT2D eigenvalue weighted by Gasteiger charge is 2.31. The molecule has 3 aromatic rings. The summed E-state index contributed by atoms with van der Waals surface area (Å²) in [6.45, 7) is 2.98. The van der Waals surface area contributed by atoms with E-state index < -0.39 is 10.0 Å². The number of halogens is 1. The summed E-state index contributed by atoms with van der Waals surface area (Å²) in [6.07, 6.45) is 1.55. The maximum Gasteiger partial charge on any atom is 0.246 e. The van der Waals surface area contributed by atoms with E-state index in [1.807, 2.05) is 4.90 Å². The average Bonchev–Trinajstić information content (AvgIpc) is 2.77. The summed E-state index contributed by atoms with van der Waals surface area (Å²) in [6, 6.07) is 11.7. The fourth-order valence-electron chi connectivity index (χ4n) is 3.26. The molecular formula is C21H21FN4O4S. The van der Waals surface area contributed by atoms with E-state index in [4.69, 9.17) is 4.74 Å². The quantitative estimate of drug-likeness (QED) is 0.646. The normalized spacial score (nSPS) is 15.1. The Hall–Kier alpha value is -3.24. The molecule has 0 unspecified atom stereocenters. The first-order chi connectivity index (χ1) is 14.8. The molecule has 0 aliphatic carbocycles. The van der Waals surface area contributed by atoms with Gasteiger partial charge in [-0.05, 0) is 48.9 Å². The number of nitrogens with zero attached hydrogens (tertiary/aromatic N) is 4. The van der Waals surface area contributed by atoms with E-state index >= 15 is 0 Å². The lowest BCUT2D eigenvalue weighted by Crippen LogP contribution is -2.49. The van der Waals surface area contributed by atoms with Crippen LogP contribution < -0.4 is 9.64 Å². The molecule has 2 heterocycles. The lowest BCUT2D eigenvalue weighted by atomic mass is 10.2. The van der Waals surface area contributed by atoms with E-state index in [1.165, 1.54) is 40.7 Å². The van der Waals surface area contributed by atoms with E-state index in [0.29, 0.717) is 30.7 Å². The molecular weight excluding hydrogens is 423 g/mol. The zero-order chi connectivity index (χ0) is 22.0. The second-order valence-corrected chi connectivity index (χ2v) is 9.02. The monoisotopic (exact) mass is 444 g/mol. The largest absolute Gasteiger partial charge is 0.507 e. The Morgan fingerprint density at radius 3 is 2.45 bits per heavy atom. The fraction of sp³-hybridized carbons (Fsp3) is 0.238. The van der Waals surface area contributed by atoms with E-state index in [2.05, 4.69) is 9.97 Å². The van der Waals surface area contributed by atoms with Crippen LogP contribution in [0.2, 0.25) is 0 Å². The summed E-state index contributed by atoms with van der Waals surface area (Å²) < 4.78 is 45.9. The first-order valence-electron chi connectivity index (χ1n) is 9.64. The number of benzene rings is 2. The van der Waals surface area contributed by atoms with Crippen LogP contribution in [0.5, 0.6) is 17.4 Å².